The summed E-state index contributed by atoms with van der Waals surface area (Å²) in [4.78, 5) is 10.4. The summed E-state index contributed by atoms with van der Waals surface area (Å²) in [5.74, 6) is 0. The molecular weight excluding hydrogens is 236 g/mol. The van der Waals surface area contributed by atoms with Crippen molar-refractivity contribution in [1.29, 1.82) is 0 Å². The second-order valence-corrected chi connectivity index (χ2v) is 7.69. The van der Waals surface area contributed by atoms with E-state index in [9.17, 15) is 0 Å². The lowest BCUT2D eigenvalue weighted by atomic mass is 9.72. The molecule has 0 N–H and O–H groups in total. The van der Waals surface area contributed by atoms with Crippen molar-refractivity contribution < 1.29 is 0 Å². The van der Waals surface area contributed by atoms with Crippen molar-refractivity contribution in [2.45, 2.75) is 24.9 Å². The van der Waals surface area contributed by atoms with Gasteiger partial charge < -0.3 is 9.80 Å². The molecule has 108 valence electrons. The predicted octanol–water partition coefficient (Wildman–Crippen LogP) is 0.0122. The quantitative estimate of drug-likeness (QED) is 0.697. The van der Waals surface area contributed by atoms with Gasteiger partial charge in [-0.3, -0.25) is 9.80 Å². The molecule has 4 fully saturated rings. The molecule has 0 atom stereocenters. The molecule has 4 aliphatic heterocycles. The Morgan fingerprint density at radius 1 is 0.737 bits per heavy atom. The van der Waals surface area contributed by atoms with Gasteiger partial charge in [0.05, 0.1) is 0 Å². The van der Waals surface area contributed by atoms with E-state index in [0.29, 0.717) is 5.41 Å². The summed E-state index contributed by atoms with van der Waals surface area (Å²) < 4.78 is 0. The molecule has 4 heterocycles. The molecule has 19 heavy (non-hydrogen) atoms. The van der Waals surface area contributed by atoms with E-state index in [1.807, 2.05) is 0 Å². The standard InChI is InChI=1S/C15H28N4/c1-16-7-13(8-16)19-9-14(10-19)18-5-3-15(4-6-18)11-17(2)12-15/h13-14H,3-12H2,1-2H3. The molecule has 0 aliphatic carbocycles. The van der Waals surface area contributed by atoms with Crippen molar-refractivity contribution in [3.8, 4) is 0 Å². The van der Waals surface area contributed by atoms with Crippen LogP contribution in [0.2, 0.25) is 0 Å². The minimum absolute atomic E-state index is 0.714. The van der Waals surface area contributed by atoms with Crippen molar-refractivity contribution in [2.75, 3.05) is 66.5 Å². The van der Waals surface area contributed by atoms with E-state index in [2.05, 4.69) is 33.7 Å². The summed E-state index contributed by atoms with van der Waals surface area (Å²) in [6, 6.07) is 1.75. The third-order valence-corrected chi connectivity index (χ3v) is 6.04. The predicted molar refractivity (Wildman–Crippen MR) is 77.4 cm³/mol. The molecule has 4 saturated heterocycles. The fourth-order valence-electron chi connectivity index (χ4n) is 4.69. The van der Waals surface area contributed by atoms with Crippen LogP contribution in [0.5, 0.6) is 0 Å². The second-order valence-electron chi connectivity index (χ2n) is 7.69. The minimum Gasteiger partial charge on any atom is -0.305 e. The summed E-state index contributed by atoms with van der Waals surface area (Å²) in [6.45, 7) is 10.7. The van der Waals surface area contributed by atoms with Gasteiger partial charge in [-0.05, 0) is 45.4 Å². The van der Waals surface area contributed by atoms with E-state index in [1.54, 1.807) is 0 Å². The molecule has 4 rings (SSSR count). The first-order valence-electron chi connectivity index (χ1n) is 7.99. The largest absolute Gasteiger partial charge is 0.305 e. The Kier molecular flexibility index (Phi) is 2.92. The first kappa shape index (κ1) is 12.6. The lowest BCUT2D eigenvalue weighted by Gasteiger charge is -2.57. The lowest BCUT2D eigenvalue weighted by molar-refractivity contribution is -0.0818. The molecule has 4 nitrogen and oxygen atoms in total. The zero-order chi connectivity index (χ0) is 13.0. The summed E-state index contributed by atoms with van der Waals surface area (Å²) in [5, 5.41) is 0. The lowest BCUT2D eigenvalue weighted by Crippen LogP contribution is -2.70. The molecule has 1 spiro atoms. The molecule has 0 amide bonds. The van der Waals surface area contributed by atoms with Gasteiger partial charge in [0.25, 0.3) is 0 Å². The van der Waals surface area contributed by atoms with Gasteiger partial charge in [0.2, 0.25) is 0 Å². The highest BCUT2D eigenvalue weighted by molar-refractivity contribution is 5.01. The van der Waals surface area contributed by atoms with Crippen molar-refractivity contribution in [3.05, 3.63) is 0 Å². The van der Waals surface area contributed by atoms with Crippen molar-refractivity contribution in [3.63, 3.8) is 0 Å². The Balaban J connectivity index is 1.21. The van der Waals surface area contributed by atoms with Gasteiger partial charge in [0, 0.05) is 51.4 Å². The third kappa shape index (κ3) is 2.13. The van der Waals surface area contributed by atoms with E-state index < -0.39 is 0 Å². The molecule has 0 aromatic rings. The normalized spacial score (nSPS) is 35.1. The Bertz CT molecular complexity index is 330. The van der Waals surface area contributed by atoms with E-state index in [4.69, 9.17) is 0 Å². The van der Waals surface area contributed by atoms with Crippen LogP contribution in [0.4, 0.5) is 0 Å². The van der Waals surface area contributed by atoms with Gasteiger partial charge in [-0.15, -0.1) is 0 Å². The van der Waals surface area contributed by atoms with Crippen LogP contribution in [0.15, 0.2) is 0 Å². The van der Waals surface area contributed by atoms with E-state index in [-0.39, 0.29) is 0 Å². The number of likely N-dealkylation sites (tertiary alicyclic amines) is 4. The minimum atomic E-state index is 0.714. The first-order chi connectivity index (χ1) is 9.13. The fourth-order valence-corrected chi connectivity index (χ4v) is 4.69. The SMILES string of the molecule is CN1CC(N2CC(N3CCC4(CC3)CN(C)C4)C2)C1. The number of hydrogen-bond donors (Lipinski definition) is 0. The Morgan fingerprint density at radius 3 is 1.84 bits per heavy atom. The van der Waals surface area contributed by atoms with Crippen LogP contribution in [-0.2, 0) is 0 Å². The molecule has 0 radical (unpaired) electrons. The first-order valence-corrected chi connectivity index (χ1v) is 7.99. The molecule has 4 aliphatic rings. The van der Waals surface area contributed by atoms with Gasteiger partial charge in [0.15, 0.2) is 0 Å². The summed E-state index contributed by atoms with van der Waals surface area (Å²) in [6.07, 6.45) is 2.89. The van der Waals surface area contributed by atoms with E-state index in [1.165, 1.54) is 65.2 Å². The highest BCUT2D eigenvalue weighted by Crippen LogP contribution is 2.40. The summed E-state index contributed by atoms with van der Waals surface area (Å²) in [5.41, 5.74) is 0.714. The van der Waals surface area contributed by atoms with E-state index >= 15 is 0 Å². The molecule has 0 bridgehead atoms. The molecule has 0 saturated carbocycles. The van der Waals surface area contributed by atoms with Gasteiger partial charge in [-0.1, -0.05) is 0 Å². The average Bonchev–Trinajstić information content (AvgIpc) is 2.25. The van der Waals surface area contributed by atoms with Crippen LogP contribution in [0, 0.1) is 5.41 Å². The van der Waals surface area contributed by atoms with Crippen LogP contribution < -0.4 is 0 Å². The summed E-state index contributed by atoms with van der Waals surface area (Å²) in [7, 11) is 4.49. The maximum Gasteiger partial charge on any atom is 0.0351 e. The Hall–Kier alpha value is -0.160. The van der Waals surface area contributed by atoms with Gasteiger partial charge in [-0.25, -0.2) is 0 Å². The molecule has 0 unspecified atom stereocenters. The zero-order valence-corrected chi connectivity index (χ0v) is 12.5. The van der Waals surface area contributed by atoms with Gasteiger partial charge in [0.1, 0.15) is 0 Å². The van der Waals surface area contributed by atoms with E-state index in [0.717, 1.165) is 12.1 Å². The zero-order valence-electron chi connectivity index (χ0n) is 12.5. The van der Waals surface area contributed by atoms with Gasteiger partial charge in [-0.2, -0.15) is 0 Å². The Morgan fingerprint density at radius 2 is 1.32 bits per heavy atom. The number of likely N-dealkylation sites (N-methyl/N-ethyl adjacent to an activating group) is 1. The van der Waals surface area contributed by atoms with Crippen molar-refractivity contribution in [2.24, 2.45) is 5.41 Å². The summed E-state index contributed by atoms with van der Waals surface area (Å²) >= 11 is 0. The van der Waals surface area contributed by atoms with Crippen LogP contribution in [-0.4, -0.2) is 98.1 Å². The topological polar surface area (TPSA) is 13.0 Å². The maximum atomic E-state index is 2.78. The van der Waals surface area contributed by atoms with Crippen LogP contribution in [0.25, 0.3) is 0 Å². The van der Waals surface area contributed by atoms with Gasteiger partial charge >= 0.3 is 0 Å². The second kappa shape index (κ2) is 4.42. The Labute approximate surface area is 117 Å². The highest BCUT2D eigenvalue weighted by atomic mass is 15.4. The van der Waals surface area contributed by atoms with Crippen LogP contribution in [0.3, 0.4) is 0 Å². The molecular formula is C15H28N4. The number of piperidine rings is 1. The molecule has 4 heteroatoms. The maximum absolute atomic E-state index is 2.78. The van der Waals surface area contributed by atoms with Crippen LogP contribution in [0.1, 0.15) is 12.8 Å². The molecule has 0 aromatic carbocycles. The third-order valence-electron chi connectivity index (χ3n) is 6.04. The number of hydrogen-bond acceptors (Lipinski definition) is 4. The molecule has 0 aromatic heterocycles. The van der Waals surface area contributed by atoms with Crippen molar-refractivity contribution in [1.82, 2.24) is 19.6 Å². The number of rotatable bonds is 2. The van der Waals surface area contributed by atoms with Crippen LogP contribution >= 0.6 is 0 Å². The highest BCUT2D eigenvalue weighted by Gasteiger charge is 2.46. The smallest absolute Gasteiger partial charge is 0.0351 e. The number of nitrogens with zero attached hydrogens (tertiary/aromatic N) is 4. The average molecular weight is 264 g/mol. The van der Waals surface area contributed by atoms with Crippen molar-refractivity contribution >= 4 is 0 Å². The fraction of sp³-hybridized carbons (Fsp3) is 1.00. The monoisotopic (exact) mass is 264 g/mol.